The minimum absolute atomic E-state index is 0.00121. The van der Waals surface area contributed by atoms with Gasteiger partial charge < -0.3 is 10.5 Å². The number of sulfonamides is 1. The fourth-order valence-corrected chi connectivity index (χ4v) is 4.90. The van der Waals surface area contributed by atoms with Crippen molar-refractivity contribution in [3.05, 3.63) is 23.8 Å². The van der Waals surface area contributed by atoms with Gasteiger partial charge in [0.05, 0.1) is 7.11 Å². The zero-order valence-corrected chi connectivity index (χ0v) is 14.0. The van der Waals surface area contributed by atoms with Crippen LogP contribution in [0.1, 0.15) is 24.8 Å². The fourth-order valence-electron chi connectivity index (χ4n) is 2.60. The van der Waals surface area contributed by atoms with Crippen LogP contribution in [0.4, 0.5) is 0 Å². The number of nitrogens with two attached hydrogens (primary N) is 1. The molecule has 0 amide bonds. The van der Waals surface area contributed by atoms with Gasteiger partial charge in [-0.05, 0) is 43.2 Å². The molecule has 0 saturated heterocycles. The lowest BCUT2D eigenvalue weighted by Gasteiger charge is -2.16. The summed E-state index contributed by atoms with van der Waals surface area (Å²) < 4.78 is 33.2. The normalized spacial score (nSPS) is 22.4. The highest BCUT2D eigenvalue weighted by Crippen LogP contribution is 2.31. The third-order valence-corrected chi connectivity index (χ3v) is 6.43. The lowest BCUT2D eigenvalue weighted by Crippen LogP contribution is -2.33. The van der Waals surface area contributed by atoms with Crippen LogP contribution in [-0.2, 0) is 16.6 Å². The lowest BCUT2D eigenvalue weighted by molar-refractivity contribution is 0.401. The Labute approximate surface area is 130 Å². The molecule has 1 aromatic carbocycles. The van der Waals surface area contributed by atoms with E-state index in [4.69, 9.17) is 10.5 Å². The number of hydrogen-bond acceptors (Lipinski definition) is 5. The van der Waals surface area contributed by atoms with Crippen LogP contribution in [0.2, 0.25) is 0 Å². The van der Waals surface area contributed by atoms with Crippen molar-refractivity contribution in [1.29, 1.82) is 0 Å². The summed E-state index contributed by atoms with van der Waals surface area (Å²) in [6, 6.07) is 5.01. The van der Waals surface area contributed by atoms with Crippen molar-refractivity contribution >= 4 is 21.8 Å². The summed E-state index contributed by atoms with van der Waals surface area (Å²) in [4.78, 5) is 0.167. The van der Waals surface area contributed by atoms with Gasteiger partial charge in [-0.1, -0.05) is 6.07 Å². The standard InChI is InChI=1S/C14H22N2O3S2/c1-19-13-6-3-10(9-15)7-14(13)21(17,18)16-11-4-5-12(8-11)20-2/h3,6-7,11-12,16H,4-5,8-9,15H2,1-2H3. The van der Waals surface area contributed by atoms with Gasteiger partial charge >= 0.3 is 0 Å². The molecule has 3 N–H and O–H groups in total. The quantitative estimate of drug-likeness (QED) is 0.830. The van der Waals surface area contributed by atoms with Gasteiger partial charge in [0, 0.05) is 17.8 Å². The van der Waals surface area contributed by atoms with Gasteiger partial charge in [-0.25, -0.2) is 13.1 Å². The number of benzene rings is 1. The lowest BCUT2D eigenvalue weighted by atomic mass is 10.2. The minimum Gasteiger partial charge on any atom is -0.495 e. The second kappa shape index (κ2) is 7.00. The van der Waals surface area contributed by atoms with Gasteiger partial charge in [-0.15, -0.1) is 0 Å². The molecule has 7 heteroatoms. The average molecular weight is 330 g/mol. The highest BCUT2D eigenvalue weighted by atomic mass is 32.2. The molecular weight excluding hydrogens is 308 g/mol. The zero-order valence-electron chi connectivity index (χ0n) is 12.3. The average Bonchev–Trinajstić information content (AvgIpc) is 2.93. The van der Waals surface area contributed by atoms with E-state index in [0.717, 1.165) is 24.8 Å². The molecule has 5 nitrogen and oxygen atoms in total. The number of rotatable bonds is 6. The van der Waals surface area contributed by atoms with E-state index < -0.39 is 10.0 Å². The van der Waals surface area contributed by atoms with Crippen LogP contribution >= 0.6 is 11.8 Å². The van der Waals surface area contributed by atoms with E-state index in [1.807, 2.05) is 0 Å². The summed E-state index contributed by atoms with van der Waals surface area (Å²) >= 11 is 1.80. The molecule has 0 spiro atoms. The summed E-state index contributed by atoms with van der Waals surface area (Å²) in [7, 11) is -2.12. The molecule has 21 heavy (non-hydrogen) atoms. The molecule has 1 aliphatic rings. The molecule has 0 aromatic heterocycles. The van der Waals surface area contributed by atoms with E-state index in [2.05, 4.69) is 11.0 Å². The molecule has 2 atom stereocenters. The molecule has 1 aromatic rings. The van der Waals surface area contributed by atoms with Crippen LogP contribution in [0.15, 0.2) is 23.1 Å². The van der Waals surface area contributed by atoms with Crippen LogP contribution < -0.4 is 15.2 Å². The van der Waals surface area contributed by atoms with Crippen molar-refractivity contribution in [2.45, 2.75) is 42.0 Å². The van der Waals surface area contributed by atoms with Crippen molar-refractivity contribution in [2.24, 2.45) is 5.73 Å². The molecule has 2 unspecified atom stereocenters. The number of hydrogen-bond donors (Lipinski definition) is 2. The zero-order chi connectivity index (χ0) is 15.5. The third kappa shape index (κ3) is 3.91. The minimum atomic E-state index is -3.59. The van der Waals surface area contributed by atoms with Gasteiger partial charge in [-0.2, -0.15) is 11.8 Å². The molecule has 0 aliphatic heterocycles. The summed E-state index contributed by atoms with van der Waals surface area (Å²) in [5, 5.41) is 0.537. The van der Waals surface area contributed by atoms with Gasteiger partial charge in [0.15, 0.2) is 0 Å². The van der Waals surface area contributed by atoms with E-state index in [1.54, 1.807) is 30.0 Å². The monoisotopic (exact) mass is 330 g/mol. The molecule has 1 saturated carbocycles. The Morgan fingerprint density at radius 1 is 1.43 bits per heavy atom. The fraction of sp³-hybridized carbons (Fsp3) is 0.571. The Kier molecular flexibility index (Phi) is 5.54. The predicted octanol–water partition coefficient (Wildman–Crippen LogP) is 1.72. The van der Waals surface area contributed by atoms with Crippen LogP contribution in [-0.4, -0.2) is 33.1 Å². The highest BCUT2D eigenvalue weighted by molar-refractivity contribution is 7.99. The van der Waals surface area contributed by atoms with Crippen molar-refractivity contribution in [3.8, 4) is 5.75 Å². The summed E-state index contributed by atoms with van der Waals surface area (Å²) in [6.45, 7) is 0.296. The second-order valence-corrected chi connectivity index (χ2v) is 8.00. The van der Waals surface area contributed by atoms with E-state index in [-0.39, 0.29) is 10.9 Å². The predicted molar refractivity (Wildman–Crippen MR) is 86.1 cm³/mol. The topological polar surface area (TPSA) is 81.4 Å². The maximum atomic E-state index is 12.6. The summed E-state index contributed by atoms with van der Waals surface area (Å²) in [5.74, 6) is 0.346. The molecule has 0 radical (unpaired) electrons. The van der Waals surface area contributed by atoms with E-state index >= 15 is 0 Å². The molecule has 1 fully saturated rings. The SMILES string of the molecule is COc1ccc(CN)cc1S(=O)(=O)NC1CCC(SC)C1. The molecule has 0 bridgehead atoms. The molecule has 0 heterocycles. The van der Waals surface area contributed by atoms with E-state index in [1.165, 1.54) is 7.11 Å². The second-order valence-electron chi connectivity index (χ2n) is 5.18. The highest BCUT2D eigenvalue weighted by Gasteiger charge is 2.29. The van der Waals surface area contributed by atoms with E-state index in [9.17, 15) is 8.42 Å². The first-order valence-electron chi connectivity index (χ1n) is 6.92. The van der Waals surface area contributed by atoms with Crippen molar-refractivity contribution in [3.63, 3.8) is 0 Å². The Morgan fingerprint density at radius 2 is 2.19 bits per heavy atom. The molecule has 1 aliphatic carbocycles. The summed E-state index contributed by atoms with van der Waals surface area (Å²) in [6.07, 6.45) is 4.87. The van der Waals surface area contributed by atoms with Crippen molar-refractivity contribution in [2.75, 3.05) is 13.4 Å². The maximum Gasteiger partial charge on any atom is 0.244 e. The molecule has 2 rings (SSSR count). The smallest absolute Gasteiger partial charge is 0.244 e. The van der Waals surface area contributed by atoms with Crippen molar-refractivity contribution < 1.29 is 13.2 Å². The maximum absolute atomic E-state index is 12.6. The Hall–Kier alpha value is -0.760. The number of methoxy groups -OCH3 is 1. The molecular formula is C14H22N2O3S2. The Balaban J connectivity index is 2.23. The Morgan fingerprint density at radius 3 is 2.76 bits per heavy atom. The van der Waals surface area contributed by atoms with Crippen LogP contribution in [0.3, 0.4) is 0 Å². The van der Waals surface area contributed by atoms with E-state index in [0.29, 0.717) is 17.5 Å². The van der Waals surface area contributed by atoms with Crippen LogP contribution in [0.5, 0.6) is 5.75 Å². The largest absolute Gasteiger partial charge is 0.495 e. The molecule has 118 valence electrons. The van der Waals surface area contributed by atoms with Gasteiger partial charge in [0.25, 0.3) is 0 Å². The van der Waals surface area contributed by atoms with Gasteiger partial charge in [-0.3, -0.25) is 0 Å². The first kappa shape index (κ1) is 16.6. The number of ether oxygens (including phenoxy) is 1. The van der Waals surface area contributed by atoms with Gasteiger partial charge in [0.2, 0.25) is 10.0 Å². The Bertz CT molecular complexity index is 590. The first-order valence-corrected chi connectivity index (χ1v) is 9.69. The van der Waals surface area contributed by atoms with Gasteiger partial charge in [0.1, 0.15) is 10.6 Å². The summed E-state index contributed by atoms with van der Waals surface area (Å²) in [5.41, 5.74) is 6.36. The van der Waals surface area contributed by atoms with Crippen LogP contribution in [0.25, 0.3) is 0 Å². The third-order valence-electron chi connectivity index (χ3n) is 3.79. The number of thioether (sulfide) groups is 1. The number of nitrogens with one attached hydrogen (secondary N) is 1. The van der Waals surface area contributed by atoms with Crippen LogP contribution in [0, 0.1) is 0 Å². The first-order chi connectivity index (χ1) is 10.00. The van der Waals surface area contributed by atoms with Crippen molar-refractivity contribution in [1.82, 2.24) is 4.72 Å².